The number of hydrogen-bond donors (Lipinski definition) is 2. The van der Waals surface area contributed by atoms with Gasteiger partial charge in [-0.3, -0.25) is 14.5 Å². The molecule has 2 heterocycles. The zero-order chi connectivity index (χ0) is 16.6. The molecule has 6 nitrogen and oxygen atoms in total. The summed E-state index contributed by atoms with van der Waals surface area (Å²) in [6.45, 7) is 1.64. The van der Waals surface area contributed by atoms with Gasteiger partial charge in [0, 0.05) is 0 Å². The van der Waals surface area contributed by atoms with Gasteiger partial charge < -0.3 is 10.4 Å². The zero-order valence-corrected chi connectivity index (χ0v) is 13.3. The number of hydrogen-bond acceptors (Lipinski definition) is 4. The predicted molar refractivity (Wildman–Crippen MR) is 85.3 cm³/mol. The van der Waals surface area contributed by atoms with E-state index in [1.807, 2.05) is 30.3 Å². The summed E-state index contributed by atoms with van der Waals surface area (Å²) < 4.78 is 0. The lowest BCUT2D eigenvalue weighted by molar-refractivity contribution is -0.146. The summed E-state index contributed by atoms with van der Waals surface area (Å²) in [6.07, 6.45) is 0.542. The van der Waals surface area contributed by atoms with E-state index in [-0.39, 0.29) is 29.3 Å². The predicted octanol–water partition coefficient (Wildman–Crippen LogP) is 1.34. The minimum Gasteiger partial charge on any atom is -0.477 e. The van der Waals surface area contributed by atoms with Gasteiger partial charge in [0.2, 0.25) is 11.8 Å². The number of rotatable bonds is 4. The van der Waals surface area contributed by atoms with E-state index in [4.69, 9.17) is 0 Å². The summed E-state index contributed by atoms with van der Waals surface area (Å²) in [4.78, 5) is 36.6. The smallest absolute Gasteiger partial charge is 0.352 e. The van der Waals surface area contributed by atoms with Crippen LogP contribution in [0.25, 0.3) is 0 Å². The molecule has 0 radical (unpaired) electrons. The van der Waals surface area contributed by atoms with Gasteiger partial charge in [0.05, 0.1) is 18.2 Å². The topological polar surface area (TPSA) is 86.7 Å². The molecule has 120 valence electrons. The molecule has 2 aliphatic rings. The van der Waals surface area contributed by atoms with Gasteiger partial charge in [-0.25, -0.2) is 4.79 Å². The van der Waals surface area contributed by atoms with E-state index < -0.39 is 11.3 Å². The number of benzene rings is 1. The molecule has 3 rings (SSSR count). The second-order valence-electron chi connectivity index (χ2n) is 5.51. The Bertz CT molecular complexity index is 701. The van der Waals surface area contributed by atoms with Crippen LogP contribution in [0.1, 0.15) is 18.9 Å². The van der Waals surface area contributed by atoms with Crippen LogP contribution in [0, 0.1) is 0 Å². The van der Waals surface area contributed by atoms with E-state index in [0.29, 0.717) is 12.0 Å². The Kier molecular flexibility index (Phi) is 4.12. The Labute approximate surface area is 137 Å². The first-order valence-electron chi connectivity index (χ1n) is 7.22. The average Bonchev–Trinajstić information content (AvgIpc) is 2.50. The summed E-state index contributed by atoms with van der Waals surface area (Å²) in [5, 5.41) is 11.6. The van der Waals surface area contributed by atoms with E-state index >= 15 is 0 Å². The first kappa shape index (κ1) is 15.6. The van der Waals surface area contributed by atoms with Gasteiger partial charge in [0.15, 0.2) is 0 Å². The van der Waals surface area contributed by atoms with Crippen molar-refractivity contribution in [3.63, 3.8) is 0 Å². The molecule has 1 fully saturated rings. The molecule has 1 aromatic rings. The van der Waals surface area contributed by atoms with Crippen molar-refractivity contribution < 1.29 is 19.5 Å². The van der Waals surface area contributed by atoms with Crippen LogP contribution < -0.4 is 5.32 Å². The second kappa shape index (κ2) is 6.08. The van der Waals surface area contributed by atoms with Crippen LogP contribution in [0.15, 0.2) is 41.6 Å². The van der Waals surface area contributed by atoms with Crippen molar-refractivity contribution >= 4 is 29.5 Å². The molecular weight excluding hydrogens is 316 g/mol. The van der Waals surface area contributed by atoms with E-state index in [1.165, 1.54) is 16.7 Å². The van der Waals surface area contributed by atoms with Crippen LogP contribution in [0.3, 0.4) is 0 Å². The van der Waals surface area contributed by atoms with Gasteiger partial charge in [-0.05, 0) is 18.1 Å². The Morgan fingerprint density at radius 1 is 1.35 bits per heavy atom. The third-order valence-corrected chi connectivity index (χ3v) is 5.34. The Hall–Kier alpha value is -2.28. The maximum absolute atomic E-state index is 12.2. The van der Waals surface area contributed by atoms with E-state index in [1.54, 1.807) is 6.92 Å². The number of β-lactam (4-membered cyclic amide) rings is 1. The third-order valence-electron chi connectivity index (χ3n) is 3.91. The van der Waals surface area contributed by atoms with Crippen LogP contribution >= 0.6 is 11.8 Å². The fraction of sp³-hybridized carbons (Fsp3) is 0.312. The van der Waals surface area contributed by atoms with Crippen LogP contribution in [0.2, 0.25) is 0 Å². The number of nitrogens with one attached hydrogen (secondary N) is 1. The fourth-order valence-corrected chi connectivity index (χ4v) is 4.14. The number of carbonyl (C=O) groups is 3. The number of amides is 2. The van der Waals surface area contributed by atoms with Gasteiger partial charge in [0.1, 0.15) is 11.1 Å². The SMILES string of the molecule is CC1=C(C(=O)O)N2C(=O)CC2SC1NC(=O)Cc1ccccc1. The highest BCUT2D eigenvalue weighted by Crippen LogP contribution is 2.42. The summed E-state index contributed by atoms with van der Waals surface area (Å²) in [5.74, 6) is -1.49. The van der Waals surface area contributed by atoms with Crippen LogP contribution in [0.5, 0.6) is 0 Å². The number of carboxylic acid groups (broad SMARTS) is 1. The first-order valence-corrected chi connectivity index (χ1v) is 8.16. The monoisotopic (exact) mass is 332 g/mol. The minimum atomic E-state index is -1.14. The fourth-order valence-electron chi connectivity index (χ4n) is 2.73. The quantitative estimate of drug-likeness (QED) is 0.813. The van der Waals surface area contributed by atoms with Crippen LogP contribution in [-0.4, -0.2) is 38.5 Å². The molecule has 0 aliphatic carbocycles. The van der Waals surface area contributed by atoms with Gasteiger partial charge in [-0.2, -0.15) is 0 Å². The number of aliphatic carboxylic acids is 1. The highest BCUT2D eigenvalue weighted by atomic mass is 32.2. The maximum atomic E-state index is 12.2. The van der Waals surface area contributed by atoms with Crippen molar-refractivity contribution in [2.24, 2.45) is 0 Å². The van der Waals surface area contributed by atoms with Crippen molar-refractivity contribution in [1.29, 1.82) is 0 Å². The van der Waals surface area contributed by atoms with Gasteiger partial charge in [-0.15, -0.1) is 11.8 Å². The summed E-state index contributed by atoms with van der Waals surface area (Å²) in [5.41, 5.74) is 1.38. The summed E-state index contributed by atoms with van der Waals surface area (Å²) >= 11 is 1.41. The third kappa shape index (κ3) is 2.96. The molecule has 2 atom stereocenters. The summed E-state index contributed by atoms with van der Waals surface area (Å²) in [7, 11) is 0. The largest absolute Gasteiger partial charge is 0.477 e. The molecule has 1 aromatic carbocycles. The van der Waals surface area contributed by atoms with Gasteiger partial charge >= 0.3 is 5.97 Å². The Balaban J connectivity index is 1.75. The van der Waals surface area contributed by atoms with Crippen LogP contribution in [-0.2, 0) is 20.8 Å². The molecular formula is C16H16N2O4S. The maximum Gasteiger partial charge on any atom is 0.352 e. The lowest BCUT2D eigenvalue weighted by Crippen LogP contribution is -2.57. The van der Waals surface area contributed by atoms with E-state index in [9.17, 15) is 19.5 Å². The highest BCUT2D eigenvalue weighted by molar-refractivity contribution is 8.00. The molecule has 0 spiro atoms. The lowest BCUT2D eigenvalue weighted by atomic mass is 10.1. The van der Waals surface area contributed by atoms with Gasteiger partial charge in [-0.1, -0.05) is 30.3 Å². The molecule has 2 amide bonds. The lowest BCUT2D eigenvalue weighted by Gasteiger charge is -2.46. The molecule has 2 N–H and O–H groups in total. The van der Waals surface area contributed by atoms with E-state index in [2.05, 4.69) is 5.32 Å². The van der Waals surface area contributed by atoms with Crippen molar-refractivity contribution in [1.82, 2.24) is 10.2 Å². The molecule has 0 bridgehead atoms. The molecule has 2 aliphatic heterocycles. The molecule has 23 heavy (non-hydrogen) atoms. The van der Waals surface area contributed by atoms with Crippen molar-refractivity contribution in [2.45, 2.75) is 30.5 Å². The first-order chi connectivity index (χ1) is 11.0. The molecule has 1 saturated heterocycles. The Morgan fingerprint density at radius 2 is 2.04 bits per heavy atom. The molecule has 7 heteroatoms. The molecule has 2 unspecified atom stereocenters. The second-order valence-corrected chi connectivity index (χ2v) is 6.79. The van der Waals surface area contributed by atoms with E-state index in [0.717, 1.165) is 5.56 Å². The standard InChI is InChI=1S/C16H16N2O4S/c1-9-14(16(21)22)18-12(20)8-13(18)23-15(9)17-11(19)7-10-5-3-2-4-6-10/h2-6,13,15H,7-8H2,1H3,(H,17,19)(H,21,22). The number of thioether (sulfide) groups is 1. The molecule has 0 aromatic heterocycles. The Morgan fingerprint density at radius 3 is 2.65 bits per heavy atom. The summed E-state index contributed by atoms with van der Waals surface area (Å²) in [6, 6.07) is 9.34. The molecule has 0 saturated carbocycles. The van der Waals surface area contributed by atoms with Gasteiger partial charge in [0.25, 0.3) is 0 Å². The van der Waals surface area contributed by atoms with Crippen molar-refractivity contribution in [3.05, 3.63) is 47.2 Å². The number of nitrogens with zero attached hydrogens (tertiary/aromatic N) is 1. The normalized spacial score (nSPS) is 23.2. The number of fused-ring (bicyclic) bond motifs is 1. The highest BCUT2D eigenvalue weighted by Gasteiger charge is 2.47. The van der Waals surface area contributed by atoms with Crippen LogP contribution in [0.4, 0.5) is 0 Å². The average molecular weight is 332 g/mol. The number of carbonyl (C=O) groups excluding carboxylic acids is 2. The number of carboxylic acids is 1. The zero-order valence-electron chi connectivity index (χ0n) is 12.5. The minimum absolute atomic E-state index is 0.00462. The van der Waals surface area contributed by atoms with Crippen molar-refractivity contribution in [3.8, 4) is 0 Å². The van der Waals surface area contributed by atoms with Crippen molar-refractivity contribution in [2.75, 3.05) is 0 Å².